The molecule has 2 aliphatic rings. The molecule has 1 saturated heterocycles. The molecule has 3 amide bonds. The SMILES string of the molecule is C[C@@H]1CC[C@@H]2C(=O)N(N(CC(=O)c3ccc(Cl)cc3Cl)C(=O)c3cccc([N+](=O)[O-])c3)C(=O)[C@@H]2C1. The number of carbonyl (C=O) groups is 4. The lowest BCUT2D eigenvalue weighted by Crippen LogP contribution is -2.52. The van der Waals surface area contributed by atoms with Crippen molar-refractivity contribution in [3.8, 4) is 0 Å². The molecule has 1 aliphatic heterocycles. The number of hydrogen-bond donors (Lipinski definition) is 0. The van der Waals surface area contributed by atoms with Gasteiger partial charge in [0.1, 0.15) is 6.54 Å². The molecule has 35 heavy (non-hydrogen) atoms. The van der Waals surface area contributed by atoms with Crippen molar-refractivity contribution in [2.75, 3.05) is 6.54 Å². The Bertz CT molecular complexity index is 1250. The van der Waals surface area contributed by atoms with Crippen LogP contribution in [0.1, 0.15) is 46.9 Å². The normalized spacial score (nSPS) is 21.6. The molecule has 0 radical (unpaired) electrons. The molecule has 0 bridgehead atoms. The second-order valence-corrected chi connectivity index (χ2v) is 9.68. The number of Topliss-reactive ketones (excluding diaryl/α,β-unsaturated/α-hetero) is 1. The van der Waals surface area contributed by atoms with Crippen molar-refractivity contribution in [3.63, 3.8) is 0 Å². The Labute approximate surface area is 210 Å². The molecule has 182 valence electrons. The number of hydrogen-bond acceptors (Lipinski definition) is 6. The molecule has 2 aromatic carbocycles. The summed E-state index contributed by atoms with van der Waals surface area (Å²) in [5, 5.41) is 13.1. The summed E-state index contributed by atoms with van der Waals surface area (Å²) in [6, 6.07) is 9.09. The molecule has 2 aromatic rings. The van der Waals surface area contributed by atoms with Gasteiger partial charge in [-0.15, -0.1) is 0 Å². The van der Waals surface area contributed by atoms with Gasteiger partial charge in [-0.1, -0.05) is 36.2 Å². The Morgan fingerprint density at radius 3 is 2.49 bits per heavy atom. The summed E-state index contributed by atoms with van der Waals surface area (Å²) in [5.74, 6) is -3.55. The lowest BCUT2D eigenvalue weighted by Gasteiger charge is -2.30. The fourth-order valence-corrected chi connectivity index (χ4v) is 5.20. The largest absolute Gasteiger partial charge is 0.292 e. The van der Waals surface area contributed by atoms with E-state index in [1.807, 2.05) is 6.92 Å². The van der Waals surface area contributed by atoms with Crippen LogP contribution in [0, 0.1) is 27.9 Å². The maximum absolute atomic E-state index is 13.5. The first kappa shape index (κ1) is 24.8. The number of imide groups is 1. The van der Waals surface area contributed by atoms with Crippen LogP contribution < -0.4 is 0 Å². The van der Waals surface area contributed by atoms with Crippen LogP contribution in [0.25, 0.3) is 0 Å². The van der Waals surface area contributed by atoms with Crippen LogP contribution in [0.15, 0.2) is 42.5 Å². The van der Waals surface area contributed by atoms with Crippen molar-refractivity contribution in [2.24, 2.45) is 17.8 Å². The van der Waals surface area contributed by atoms with Gasteiger partial charge in [0, 0.05) is 28.3 Å². The topological polar surface area (TPSA) is 118 Å². The third-order valence-corrected chi connectivity index (χ3v) is 7.02. The van der Waals surface area contributed by atoms with Gasteiger partial charge in [0.15, 0.2) is 5.78 Å². The summed E-state index contributed by atoms with van der Waals surface area (Å²) in [6.45, 7) is 1.32. The maximum atomic E-state index is 13.5. The van der Waals surface area contributed by atoms with E-state index in [0.717, 1.165) is 22.5 Å². The number of rotatable bonds is 6. The van der Waals surface area contributed by atoms with Gasteiger partial charge in [-0.2, -0.15) is 5.01 Å². The predicted molar refractivity (Wildman–Crippen MR) is 127 cm³/mol. The van der Waals surface area contributed by atoms with E-state index in [9.17, 15) is 29.3 Å². The molecule has 0 unspecified atom stereocenters. The van der Waals surface area contributed by atoms with E-state index in [0.29, 0.717) is 17.9 Å². The van der Waals surface area contributed by atoms with E-state index in [1.54, 1.807) is 0 Å². The van der Waals surface area contributed by atoms with E-state index >= 15 is 0 Å². The van der Waals surface area contributed by atoms with Gasteiger partial charge in [0.05, 0.1) is 21.8 Å². The van der Waals surface area contributed by atoms with Crippen LogP contribution in [0.4, 0.5) is 5.69 Å². The molecular weight excluding hydrogens is 497 g/mol. The number of carbonyl (C=O) groups excluding carboxylic acids is 4. The molecule has 0 spiro atoms. The molecular formula is C24H21Cl2N3O6. The summed E-state index contributed by atoms with van der Waals surface area (Å²) in [4.78, 5) is 63.8. The Hall–Kier alpha value is -3.30. The minimum absolute atomic E-state index is 0.0480. The van der Waals surface area contributed by atoms with E-state index in [-0.39, 0.29) is 27.8 Å². The average Bonchev–Trinajstić information content (AvgIpc) is 3.06. The molecule has 3 atom stereocenters. The number of hydrazine groups is 1. The lowest BCUT2D eigenvalue weighted by molar-refractivity contribution is -0.384. The molecule has 9 nitrogen and oxygen atoms in total. The predicted octanol–water partition coefficient (Wildman–Crippen LogP) is 4.56. The first-order chi connectivity index (χ1) is 16.6. The maximum Gasteiger partial charge on any atom is 0.273 e. The van der Waals surface area contributed by atoms with Crippen LogP contribution >= 0.6 is 23.2 Å². The zero-order valence-electron chi connectivity index (χ0n) is 18.6. The number of fused-ring (bicyclic) bond motifs is 1. The van der Waals surface area contributed by atoms with Crippen LogP contribution in [0.5, 0.6) is 0 Å². The molecule has 0 aromatic heterocycles. The van der Waals surface area contributed by atoms with E-state index < -0.39 is 46.8 Å². The number of halogens is 2. The van der Waals surface area contributed by atoms with Crippen molar-refractivity contribution in [3.05, 3.63) is 73.8 Å². The zero-order chi connectivity index (χ0) is 25.4. The number of amides is 3. The highest BCUT2D eigenvalue weighted by Gasteiger charge is 2.53. The first-order valence-electron chi connectivity index (χ1n) is 11.0. The molecule has 1 saturated carbocycles. The number of ketones is 1. The molecule has 1 heterocycles. The molecule has 2 fully saturated rings. The molecule has 4 rings (SSSR count). The highest BCUT2D eigenvalue weighted by molar-refractivity contribution is 6.37. The Morgan fingerprint density at radius 1 is 1.09 bits per heavy atom. The zero-order valence-corrected chi connectivity index (χ0v) is 20.2. The van der Waals surface area contributed by atoms with Gasteiger partial charge < -0.3 is 0 Å². The Kier molecular flexibility index (Phi) is 6.91. The smallest absolute Gasteiger partial charge is 0.273 e. The minimum atomic E-state index is -0.888. The van der Waals surface area contributed by atoms with Gasteiger partial charge in [-0.3, -0.25) is 29.3 Å². The quantitative estimate of drug-likeness (QED) is 0.240. The van der Waals surface area contributed by atoms with Crippen LogP contribution in [0.3, 0.4) is 0 Å². The Balaban J connectivity index is 1.73. The lowest BCUT2D eigenvalue weighted by atomic mass is 9.76. The third-order valence-electron chi connectivity index (χ3n) is 6.47. The van der Waals surface area contributed by atoms with Crippen LogP contribution in [0.2, 0.25) is 10.0 Å². The van der Waals surface area contributed by atoms with E-state index in [1.165, 1.54) is 36.4 Å². The summed E-state index contributed by atoms with van der Waals surface area (Å²) in [7, 11) is 0. The Morgan fingerprint density at radius 2 is 1.80 bits per heavy atom. The molecule has 0 N–H and O–H groups in total. The second kappa shape index (κ2) is 9.75. The number of non-ortho nitro benzene ring substituents is 1. The summed E-state index contributed by atoms with van der Waals surface area (Å²) in [6.07, 6.45) is 1.77. The molecule has 11 heteroatoms. The number of benzene rings is 2. The fourth-order valence-electron chi connectivity index (χ4n) is 4.68. The van der Waals surface area contributed by atoms with Gasteiger partial charge in [0.2, 0.25) is 0 Å². The van der Waals surface area contributed by atoms with Crippen LogP contribution in [-0.2, 0) is 9.59 Å². The number of nitro groups is 1. The van der Waals surface area contributed by atoms with E-state index in [4.69, 9.17) is 23.2 Å². The van der Waals surface area contributed by atoms with Crippen molar-refractivity contribution in [1.29, 1.82) is 0 Å². The van der Waals surface area contributed by atoms with Crippen molar-refractivity contribution >= 4 is 52.4 Å². The highest BCUT2D eigenvalue weighted by Crippen LogP contribution is 2.41. The van der Waals surface area contributed by atoms with E-state index in [2.05, 4.69) is 0 Å². The first-order valence-corrected chi connectivity index (χ1v) is 11.8. The van der Waals surface area contributed by atoms with Crippen molar-refractivity contribution in [2.45, 2.75) is 26.2 Å². The number of nitrogens with zero attached hydrogens (tertiary/aromatic N) is 3. The minimum Gasteiger partial charge on any atom is -0.292 e. The van der Waals surface area contributed by atoms with Gasteiger partial charge >= 0.3 is 0 Å². The standard InChI is InChI=1S/C24H21Cl2N3O6/c1-13-5-7-17-19(9-13)24(33)28(23(17)32)27(12-21(30)18-8-6-15(25)11-20(18)26)22(31)14-3-2-4-16(10-14)29(34)35/h2-4,6,8,10-11,13,17,19H,5,7,9,12H2,1H3/t13-,17+,19-/m1/s1. The second-order valence-electron chi connectivity index (χ2n) is 8.84. The van der Waals surface area contributed by atoms with Crippen molar-refractivity contribution < 1.29 is 24.1 Å². The van der Waals surface area contributed by atoms with Gasteiger partial charge in [-0.05, 0) is 49.4 Å². The average molecular weight is 518 g/mol. The fraction of sp³-hybridized carbons (Fsp3) is 0.333. The molecule has 1 aliphatic carbocycles. The third kappa shape index (κ3) is 4.78. The highest BCUT2D eigenvalue weighted by atomic mass is 35.5. The van der Waals surface area contributed by atoms with Crippen LogP contribution in [-0.4, -0.2) is 45.0 Å². The monoisotopic (exact) mass is 517 g/mol. The summed E-state index contributed by atoms with van der Waals surface area (Å²) in [5.41, 5.74) is -0.430. The summed E-state index contributed by atoms with van der Waals surface area (Å²) >= 11 is 12.1. The van der Waals surface area contributed by atoms with Crippen molar-refractivity contribution in [1.82, 2.24) is 10.0 Å². The van der Waals surface area contributed by atoms with Gasteiger partial charge in [0.25, 0.3) is 23.4 Å². The number of nitro benzene ring substituents is 1. The summed E-state index contributed by atoms with van der Waals surface area (Å²) < 4.78 is 0. The van der Waals surface area contributed by atoms with Gasteiger partial charge in [-0.25, -0.2) is 5.01 Å².